The Labute approximate surface area is 73.8 Å². The summed E-state index contributed by atoms with van der Waals surface area (Å²) in [6.07, 6.45) is -1.32. The molecule has 1 rings (SSSR count). The molecule has 6 heteroatoms. The normalized spacial score (nSPS) is 22.9. The summed E-state index contributed by atoms with van der Waals surface area (Å²) < 4.78 is 0. The van der Waals surface area contributed by atoms with Crippen LogP contribution in [0.3, 0.4) is 0 Å². The smallest absolute Gasteiger partial charge is 0.407 e. The molecule has 0 radical (unpaired) electrons. The number of ketones is 1. The molecule has 1 heterocycles. The average molecular weight is 187 g/mol. The zero-order chi connectivity index (χ0) is 10.0. The molecular weight excluding hydrogens is 178 g/mol. The Hall–Kier alpha value is -1.59. The van der Waals surface area contributed by atoms with Gasteiger partial charge in [-0.15, -0.1) is 0 Å². The second-order valence-electron chi connectivity index (χ2n) is 2.94. The van der Waals surface area contributed by atoms with Gasteiger partial charge in [-0.25, -0.2) is 4.79 Å². The molecule has 1 saturated heterocycles. The van der Waals surface area contributed by atoms with Crippen LogP contribution in [0.1, 0.15) is 6.42 Å². The van der Waals surface area contributed by atoms with Gasteiger partial charge in [0.2, 0.25) is 0 Å². The van der Waals surface area contributed by atoms with E-state index in [9.17, 15) is 14.4 Å². The summed E-state index contributed by atoms with van der Waals surface area (Å²) in [4.78, 5) is 32.7. The van der Waals surface area contributed by atoms with Crippen LogP contribution in [0.4, 0.5) is 4.79 Å². The molecule has 0 aromatic rings. The van der Waals surface area contributed by atoms with Crippen LogP contribution in [-0.4, -0.2) is 46.0 Å². The van der Waals surface area contributed by atoms with Gasteiger partial charge in [0.05, 0.1) is 12.5 Å². The van der Waals surface area contributed by atoms with Crippen molar-refractivity contribution in [2.45, 2.75) is 6.42 Å². The van der Waals surface area contributed by atoms with Crippen molar-refractivity contribution < 1.29 is 24.6 Å². The Morgan fingerprint density at radius 1 is 1.38 bits per heavy atom. The molecule has 0 aliphatic carbocycles. The van der Waals surface area contributed by atoms with E-state index in [-0.39, 0.29) is 25.3 Å². The molecule has 0 aromatic heterocycles. The number of amides is 1. The summed E-state index contributed by atoms with van der Waals surface area (Å²) in [5.41, 5.74) is 0. The highest BCUT2D eigenvalue weighted by Gasteiger charge is 2.32. The fourth-order valence-corrected chi connectivity index (χ4v) is 1.26. The fraction of sp³-hybridized carbons (Fsp3) is 0.571. The van der Waals surface area contributed by atoms with E-state index in [4.69, 9.17) is 10.2 Å². The molecule has 0 bridgehead atoms. The minimum Gasteiger partial charge on any atom is -0.481 e. The van der Waals surface area contributed by atoms with E-state index in [2.05, 4.69) is 0 Å². The topological polar surface area (TPSA) is 94.9 Å². The molecule has 13 heavy (non-hydrogen) atoms. The minimum absolute atomic E-state index is 0.0703. The quantitative estimate of drug-likeness (QED) is 0.584. The third kappa shape index (κ3) is 2.17. The van der Waals surface area contributed by atoms with Crippen LogP contribution in [0.5, 0.6) is 0 Å². The van der Waals surface area contributed by atoms with Gasteiger partial charge in [-0.3, -0.25) is 9.59 Å². The van der Waals surface area contributed by atoms with E-state index in [0.717, 1.165) is 4.90 Å². The molecular formula is C7H9NO5. The lowest BCUT2D eigenvalue weighted by Crippen LogP contribution is -2.45. The first-order valence-corrected chi connectivity index (χ1v) is 3.73. The number of piperidine rings is 1. The van der Waals surface area contributed by atoms with E-state index < -0.39 is 18.0 Å². The van der Waals surface area contributed by atoms with Crippen LogP contribution in [0.2, 0.25) is 0 Å². The first kappa shape index (κ1) is 9.50. The molecule has 1 atom stereocenters. The van der Waals surface area contributed by atoms with Crippen LogP contribution < -0.4 is 0 Å². The molecule has 1 aliphatic rings. The highest BCUT2D eigenvalue weighted by Crippen LogP contribution is 2.13. The largest absolute Gasteiger partial charge is 0.481 e. The summed E-state index contributed by atoms with van der Waals surface area (Å²) in [6, 6.07) is 0. The predicted octanol–water partition coefficient (Wildman–Crippen LogP) is -0.360. The van der Waals surface area contributed by atoms with Gasteiger partial charge in [-0.1, -0.05) is 0 Å². The van der Waals surface area contributed by atoms with Gasteiger partial charge in [-0.05, 0) is 0 Å². The Morgan fingerprint density at radius 3 is 2.46 bits per heavy atom. The van der Waals surface area contributed by atoms with Gasteiger partial charge in [0.25, 0.3) is 0 Å². The molecule has 1 amide bonds. The molecule has 1 unspecified atom stereocenters. The van der Waals surface area contributed by atoms with Gasteiger partial charge in [0.15, 0.2) is 5.78 Å². The Bertz CT molecular complexity index is 238. The zero-order valence-electron chi connectivity index (χ0n) is 6.77. The Morgan fingerprint density at radius 2 is 2.00 bits per heavy atom. The summed E-state index contributed by atoms with van der Waals surface area (Å²) in [6.45, 7) is -0.296. The van der Waals surface area contributed by atoms with Gasteiger partial charge in [-0.2, -0.15) is 0 Å². The van der Waals surface area contributed by atoms with E-state index >= 15 is 0 Å². The van der Waals surface area contributed by atoms with Crippen molar-refractivity contribution >= 4 is 17.8 Å². The fourth-order valence-electron chi connectivity index (χ4n) is 1.26. The highest BCUT2D eigenvalue weighted by atomic mass is 16.4. The van der Waals surface area contributed by atoms with Crippen molar-refractivity contribution in [3.63, 3.8) is 0 Å². The van der Waals surface area contributed by atoms with E-state index in [0.29, 0.717) is 0 Å². The summed E-state index contributed by atoms with van der Waals surface area (Å²) in [5.74, 6) is -2.36. The SMILES string of the molecule is O=C1CC(C(=O)O)CN(C(=O)O)C1. The van der Waals surface area contributed by atoms with Crippen molar-refractivity contribution in [3.05, 3.63) is 0 Å². The van der Waals surface area contributed by atoms with Crippen molar-refractivity contribution in [1.82, 2.24) is 4.90 Å². The van der Waals surface area contributed by atoms with Gasteiger partial charge in [0, 0.05) is 13.0 Å². The number of carboxylic acids is 1. The number of hydrogen-bond acceptors (Lipinski definition) is 3. The summed E-state index contributed by atoms with van der Waals surface area (Å²) in [5, 5.41) is 17.1. The van der Waals surface area contributed by atoms with Crippen LogP contribution in [-0.2, 0) is 9.59 Å². The summed E-state index contributed by atoms with van der Waals surface area (Å²) in [7, 11) is 0. The number of nitrogens with zero attached hydrogens (tertiary/aromatic N) is 1. The lowest BCUT2D eigenvalue weighted by molar-refractivity contribution is -0.146. The Balaban J connectivity index is 2.68. The molecule has 2 N–H and O–H groups in total. The second-order valence-corrected chi connectivity index (χ2v) is 2.94. The number of rotatable bonds is 1. The van der Waals surface area contributed by atoms with Crippen LogP contribution in [0, 0.1) is 5.92 Å². The van der Waals surface area contributed by atoms with Gasteiger partial charge >= 0.3 is 12.1 Å². The maximum absolute atomic E-state index is 10.9. The van der Waals surface area contributed by atoms with Crippen molar-refractivity contribution in [2.75, 3.05) is 13.1 Å². The van der Waals surface area contributed by atoms with Crippen molar-refractivity contribution in [3.8, 4) is 0 Å². The number of carbonyl (C=O) groups excluding carboxylic acids is 1. The first-order valence-electron chi connectivity index (χ1n) is 3.73. The molecule has 1 aliphatic heterocycles. The lowest BCUT2D eigenvalue weighted by atomic mass is 9.98. The van der Waals surface area contributed by atoms with Crippen molar-refractivity contribution in [1.29, 1.82) is 0 Å². The summed E-state index contributed by atoms with van der Waals surface area (Å²) >= 11 is 0. The van der Waals surface area contributed by atoms with Gasteiger partial charge < -0.3 is 15.1 Å². The number of hydrogen-bond donors (Lipinski definition) is 2. The molecule has 0 aromatic carbocycles. The van der Waals surface area contributed by atoms with Gasteiger partial charge in [0.1, 0.15) is 0 Å². The van der Waals surface area contributed by atoms with Crippen molar-refractivity contribution in [2.24, 2.45) is 5.92 Å². The third-order valence-electron chi connectivity index (χ3n) is 1.90. The molecule has 72 valence electrons. The number of Topliss-reactive ketones (excluding diaryl/α,β-unsaturated/α-hetero) is 1. The zero-order valence-corrected chi connectivity index (χ0v) is 6.77. The van der Waals surface area contributed by atoms with Crippen LogP contribution in [0.15, 0.2) is 0 Å². The number of carbonyl (C=O) groups is 3. The lowest BCUT2D eigenvalue weighted by Gasteiger charge is -2.27. The minimum atomic E-state index is -1.25. The standard InChI is InChI=1S/C7H9NO5/c9-5-1-4(6(10)11)2-8(3-5)7(12)13/h4H,1-3H2,(H,10,11)(H,12,13). The maximum Gasteiger partial charge on any atom is 0.407 e. The van der Waals surface area contributed by atoms with E-state index in [1.807, 2.05) is 0 Å². The third-order valence-corrected chi connectivity index (χ3v) is 1.90. The molecule has 0 spiro atoms. The van der Waals surface area contributed by atoms with E-state index in [1.54, 1.807) is 0 Å². The first-order chi connectivity index (χ1) is 6.00. The highest BCUT2D eigenvalue weighted by molar-refractivity contribution is 5.89. The monoisotopic (exact) mass is 187 g/mol. The molecule has 1 fully saturated rings. The second kappa shape index (κ2) is 3.42. The molecule has 6 nitrogen and oxygen atoms in total. The maximum atomic E-state index is 10.9. The Kier molecular flexibility index (Phi) is 2.50. The van der Waals surface area contributed by atoms with Crippen LogP contribution >= 0.6 is 0 Å². The molecule has 0 saturated carbocycles. The number of likely N-dealkylation sites (tertiary alicyclic amines) is 1. The predicted molar refractivity (Wildman–Crippen MR) is 40.3 cm³/mol. The number of aliphatic carboxylic acids is 1. The average Bonchev–Trinajstić information content (AvgIpc) is 2.03. The van der Waals surface area contributed by atoms with Crippen LogP contribution in [0.25, 0.3) is 0 Å². The van der Waals surface area contributed by atoms with E-state index in [1.165, 1.54) is 0 Å². The number of carboxylic acid groups (broad SMARTS) is 2.